The number of halogens is 2. The fourth-order valence-electron chi connectivity index (χ4n) is 4.14. The third-order valence-electron chi connectivity index (χ3n) is 5.68. The number of methoxy groups -OCH3 is 2. The van der Waals surface area contributed by atoms with E-state index in [0.717, 1.165) is 52.2 Å². The number of nitrogens with zero attached hydrogens (tertiary/aromatic N) is 4. The highest BCUT2D eigenvalue weighted by atomic mass is 79.9. The van der Waals surface area contributed by atoms with Crippen LogP contribution in [-0.2, 0) is 35.7 Å². The molecule has 2 heterocycles. The Bertz CT molecular complexity index is 1020. The number of ether oxygens (including phenoxy) is 2. The summed E-state index contributed by atoms with van der Waals surface area (Å²) < 4.78 is 19.9. The van der Waals surface area contributed by atoms with E-state index in [1.54, 1.807) is 14.2 Å². The molecule has 0 saturated carbocycles. The molecule has 0 bridgehead atoms. The van der Waals surface area contributed by atoms with Crippen molar-refractivity contribution >= 4 is 22.1 Å². The van der Waals surface area contributed by atoms with E-state index in [9.17, 15) is 0 Å². The minimum atomic E-state index is 0. The van der Waals surface area contributed by atoms with Gasteiger partial charge in [0.05, 0.1) is 26.3 Å². The van der Waals surface area contributed by atoms with Crippen molar-refractivity contribution in [1.29, 1.82) is 0 Å². The number of hydrogen-bond acceptors (Lipinski definition) is 2. The number of aromatic nitrogens is 4. The SMILES string of the molecule is COCCn1c[n+](CCCC[n+]2cn(CCOC)c3ccccc32)c2ccccc21.[Br-].[Br-]. The molecule has 174 valence electrons. The summed E-state index contributed by atoms with van der Waals surface area (Å²) in [6.45, 7) is 5.24. The van der Waals surface area contributed by atoms with Crippen molar-refractivity contribution in [1.82, 2.24) is 9.13 Å². The average molecular weight is 568 g/mol. The van der Waals surface area contributed by atoms with Gasteiger partial charge in [-0.3, -0.25) is 0 Å². The molecule has 0 N–H and O–H groups in total. The molecular weight excluding hydrogens is 536 g/mol. The van der Waals surface area contributed by atoms with E-state index in [1.807, 2.05) is 0 Å². The first kappa shape index (κ1) is 26.5. The zero-order valence-electron chi connectivity index (χ0n) is 18.8. The Morgan fingerprint density at radius 3 is 1.47 bits per heavy atom. The summed E-state index contributed by atoms with van der Waals surface area (Å²) >= 11 is 0. The van der Waals surface area contributed by atoms with Gasteiger partial charge in [0.2, 0.25) is 12.7 Å². The van der Waals surface area contributed by atoms with E-state index in [1.165, 1.54) is 22.1 Å². The molecule has 0 fully saturated rings. The number of unbranched alkanes of at least 4 members (excludes halogenated alkanes) is 1. The van der Waals surface area contributed by atoms with Crippen LogP contribution >= 0.6 is 0 Å². The topological polar surface area (TPSA) is 36.1 Å². The number of aryl methyl sites for hydroxylation is 2. The molecule has 4 aromatic rings. The predicted molar refractivity (Wildman–Crippen MR) is 117 cm³/mol. The number of benzene rings is 2. The van der Waals surface area contributed by atoms with Gasteiger partial charge in [0.15, 0.2) is 22.1 Å². The molecule has 0 unspecified atom stereocenters. The summed E-state index contributed by atoms with van der Waals surface area (Å²) in [7, 11) is 3.51. The van der Waals surface area contributed by atoms with Crippen LogP contribution in [0.15, 0.2) is 61.2 Å². The third kappa shape index (κ3) is 5.98. The maximum absolute atomic E-state index is 5.27. The minimum absolute atomic E-state index is 0. The molecule has 2 aromatic heterocycles. The second-order valence-corrected chi connectivity index (χ2v) is 7.67. The van der Waals surface area contributed by atoms with Crippen LogP contribution in [-0.4, -0.2) is 36.6 Å². The quantitative estimate of drug-likeness (QED) is 0.143. The van der Waals surface area contributed by atoms with Gasteiger partial charge in [-0.15, -0.1) is 0 Å². The van der Waals surface area contributed by atoms with Gasteiger partial charge in [0.25, 0.3) is 0 Å². The Hall–Kier alpha value is -1.74. The highest BCUT2D eigenvalue weighted by molar-refractivity contribution is 5.72. The summed E-state index contributed by atoms with van der Waals surface area (Å²) in [4.78, 5) is 0. The molecule has 0 saturated heterocycles. The van der Waals surface area contributed by atoms with Gasteiger partial charge in [0.1, 0.15) is 13.1 Å². The molecule has 0 radical (unpaired) electrons. The molecule has 0 aliphatic carbocycles. The van der Waals surface area contributed by atoms with Gasteiger partial charge < -0.3 is 43.4 Å². The Kier molecular flexibility index (Phi) is 10.8. The van der Waals surface area contributed by atoms with Crippen LogP contribution in [0.1, 0.15) is 12.8 Å². The van der Waals surface area contributed by atoms with E-state index in [4.69, 9.17) is 9.47 Å². The molecule has 0 spiro atoms. The number of rotatable bonds is 11. The smallest absolute Gasteiger partial charge is 0.244 e. The van der Waals surface area contributed by atoms with Gasteiger partial charge in [-0.1, -0.05) is 24.3 Å². The maximum atomic E-state index is 5.27. The van der Waals surface area contributed by atoms with Crippen LogP contribution in [0.3, 0.4) is 0 Å². The van der Waals surface area contributed by atoms with Crippen molar-refractivity contribution in [3.63, 3.8) is 0 Å². The Morgan fingerprint density at radius 1 is 0.656 bits per heavy atom. The zero-order chi connectivity index (χ0) is 20.8. The predicted octanol–water partition coefficient (Wildman–Crippen LogP) is -3.05. The monoisotopic (exact) mass is 566 g/mol. The van der Waals surface area contributed by atoms with Crippen LogP contribution in [0.25, 0.3) is 22.1 Å². The molecule has 0 amide bonds. The zero-order valence-corrected chi connectivity index (χ0v) is 22.0. The van der Waals surface area contributed by atoms with Crippen LogP contribution in [0.2, 0.25) is 0 Å². The number of hydrogen-bond donors (Lipinski definition) is 0. The lowest BCUT2D eigenvalue weighted by molar-refractivity contribution is -0.684. The third-order valence-corrected chi connectivity index (χ3v) is 5.68. The lowest BCUT2D eigenvalue weighted by Gasteiger charge is -1.99. The largest absolute Gasteiger partial charge is 1.00 e. The lowest BCUT2D eigenvalue weighted by Crippen LogP contribution is -3.00. The molecule has 0 aliphatic heterocycles. The molecule has 0 aliphatic rings. The maximum Gasteiger partial charge on any atom is 0.244 e. The van der Waals surface area contributed by atoms with Gasteiger partial charge in [0, 0.05) is 14.2 Å². The normalized spacial score (nSPS) is 10.9. The summed E-state index contributed by atoms with van der Waals surface area (Å²) in [5.41, 5.74) is 5.12. The average Bonchev–Trinajstić information content (AvgIpc) is 3.32. The van der Waals surface area contributed by atoms with E-state index in [0.29, 0.717) is 0 Å². The van der Waals surface area contributed by atoms with Crippen LogP contribution in [0.4, 0.5) is 0 Å². The highest BCUT2D eigenvalue weighted by Gasteiger charge is 2.16. The number of para-hydroxylation sites is 4. The van der Waals surface area contributed by atoms with Crippen LogP contribution in [0, 0.1) is 0 Å². The molecule has 2 aromatic carbocycles. The first-order valence-electron chi connectivity index (χ1n) is 10.7. The number of fused-ring (bicyclic) bond motifs is 2. The van der Waals surface area contributed by atoms with Crippen molar-refractivity contribution in [3.8, 4) is 0 Å². The molecular formula is C24H32Br2N4O2. The Labute approximate surface area is 210 Å². The fourth-order valence-corrected chi connectivity index (χ4v) is 4.14. The minimum Gasteiger partial charge on any atom is -1.00 e. The summed E-state index contributed by atoms with van der Waals surface area (Å²) in [6, 6.07) is 17.2. The van der Waals surface area contributed by atoms with Gasteiger partial charge in [-0.2, -0.15) is 0 Å². The van der Waals surface area contributed by atoms with E-state index >= 15 is 0 Å². The highest BCUT2D eigenvalue weighted by Crippen LogP contribution is 2.12. The summed E-state index contributed by atoms with van der Waals surface area (Å²) in [5, 5.41) is 0. The van der Waals surface area contributed by atoms with Crippen LogP contribution < -0.4 is 43.1 Å². The molecule has 0 atom stereocenters. The summed E-state index contributed by atoms with van der Waals surface area (Å²) in [6.07, 6.45) is 6.72. The molecule has 8 heteroatoms. The van der Waals surface area contributed by atoms with Crippen molar-refractivity contribution in [2.75, 3.05) is 27.4 Å². The molecule has 4 rings (SSSR count). The lowest BCUT2D eigenvalue weighted by atomic mass is 10.2. The van der Waals surface area contributed by atoms with E-state index in [2.05, 4.69) is 79.5 Å². The molecule has 32 heavy (non-hydrogen) atoms. The fraction of sp³-hybridized carbons (Fsp3) is 0.417. The van der Waals surface area contributed by atoms with Crippen molar-refractivity contribution in [2.45, 2.75) is 39.0 Å². The Balaban J connectivity index is 0.00000181. The second-order valence-electron chi connectivity index (χ2n) is 7.67. The van der Waals surface area contributed by atoms with E-state index < -0.39 is 0 Å². The second kappa shape index (κ2) is 13.1. The number of imidazole rings is 2. The first-order chi connectivity index (χ1) is 14.8. The molecule has 6 nitrogen and oxygen atoms in total. The first-order valence-corrected chi connectivity index (χ1v) is 10.7. The van der Waals surface area contributed by atoms with Crippen molar-refractivity contribution in [3.05, 3.63) is 61.2 Å². The van der Waals surface area contributed by atoms with E-state index in [-0.39, 0.29) is 34.0 Å². The summed E-state index contributed by atoms with van der Waals surface area (Å²) in [5.74, 6) is 0. The van der Waals surface area contributed by atoms with Gasteiger partial charge in [-0.25, -0.2) is 18.3 Å². The van der Waals surface area contributed by atoms with Gasteiger partial charge in [-0.05, 0) is 37.1 Å². The van der Waals surface area contributed by atoms with Gasteiger partial charge >= 0.3 is 0 Å². The van der Waals surface area contributed by atoms with Crippen LogP contribution in [0.5, 0.6) is 0 Å². The van der Waals surface area contributed by atoms with Crippen molar-refractivity contribution < 1.29 is 52.6 Å². The van der Waals surface area contributed by atoms with Crippen molar-refractivity contribution in [2.24, 2.45) is 0 Å². The Morgan fingerprint density at radius 2 is 1.06 bits per heavy atom. The standard InChI is InChI=1S/C24H32N4O2.2BrH/c1-29-17-15-27-19-25(21-9-3-5-11-23(21)27)13-7-8-14-26-20-28(16-18-30-2)24-12-6-4-10-22(24)26;;/h3-6,9-12,19-20H,7-8,13-18H2,1-2H3;2*1H/q+2;;/p-2.